The maximum Gasteiger partial charge on any atom is 0.163 e. The van der Waals surface area contributed by atoms with E-state index < -0.39 is 0 Å². The molecule has 12 rings (SSSR count). The number of hydrogen-bond donors (Lipinski definition) is 1. The van der Waals surface area contributed by atoms with Crippen molar-refractivity contribution < 1.29 is 0 Å². The van der Waals surface area contributed by atoms with E-state index >= 15 is 0 Å². The number of aryl methyl sites for hydroxylation is 2. The molecule has 0 saturated heterocycles. The van der Waals surface area contributed by atoms with E-state index in [2.05, 4.69) is 222 Å². The molecule has 0 radical (unpaired) electrons. The van der Waals surface area contributed by atoms with Crippen molar-refractivity contribution >= 4 is 72.1 Å². The average molecular weight is 963 g/mol. The second-order valence-electron chi connectivity index (χ2n) is 19.7. The smallest absolute Gasteiger partial charge is 0.163 e. The number of hydrogen-bond acceptors (Lipinski definition) is 1. The molecule has 0 saturated carbocycles. The molecule has 11 aromatic rings. The monoisotopic (exact) mass is 963 g/mol. The van der Waals surface area contributed by atoms with Crippen LogP contribution in [0, 0.1) is 25.2 Å². The van der Waals surface area contributed by atoms with Crippen LogP contribution in [0.2, 0.25) is 0 Å². The first-order valence-electron chi connectivity index (χ1n) is 26.0. The van der Waals surface area contributed by atoms with Gasteiger partial charge in [0.05, 0.1) is 11.0 Å². The molecule has 4 nitrogen and oxygen atoms in total. The van der Waals surface area contributed by atoms with Crippen molar-refractivity contribution in [2.24, 2.45) is 15.9 Å². The number of nitrogens with one attached hydrogen (secondary N) is 1. The van der Waals surface area contributed by atoms with Crippen LogP contribution in [0.15, 0.2) is 228 Å². The highest BCUT2D eigenvalue weighted by atomic mass is 15.1. The van der Waals surface area contributed by atoms with Gasteiger partial charge in [0.2, 0.25) is 0 Å². The molecule has 1 aliphatic carbocycles. The standard InChI is InChI=1S/C54H38N4.C8H10.C6H12.C2H6/c1-54(2)47-29-27-39(32-46(47)49-41-19-10-8-14-35(41)26-30-48(49)54)43-21-12-22-44-45-28-25-36-15-9-11-20-42(36)50(45)58(51(43)44)33-56-53(57-52(55)37-16-4-3-5-17-37)40-24-23-34-13-6-7-18-38(34)31-40;1-7-5-3-4-6-8(7)2;1-4-5-6(2)3;1-2/h3-33,55H,1-2H3;3-6H,1-2H3;4-6H,1-3H3;1-2H3/b;;5-4-;. The number of aliphatic imine (C=N–C) groups is 2. The third kappa shape index (κ3) is 10.0. The largest absolute Gasteiger partial charge is 0.298 e. The highest BCUT2D eigenvalue weighted by Gasteiger charge is 2.36. The summed E-state index contributed by atoms with van der Waals surface area (Å²) in [7, 11) is 0. The van der Waals surface area contributed by atoms with Crippen molar-refractivity contribution in [3.05, 3.63) is 252 Å². The van der Waals surface area contributed by atoms with E-state index in [-0.39, 0.29) is 11.3 Å². The van der Waals surface area contributed by atoms with Gasteiger partial charge in [0, 0.05) is 38.3 Å². The number of para-hydroxylation sites is 1. The number of rotatable bonds is 5. The van der Waals surface area contributed by atoms with Gasteiger partial charge in [-0.05, 0) is 105 Å². The van der Waals surface area contributed by atoms with Gasteiger partial charge in [-0.25, -0.2) is 9.98 Å². The Morgan fingerprint density at radius 2 is 1.08 bits per heavy atom. The van der Waals surface area contributed by atoms with Crippen LogP contribution in [0.4, 0.5) is 0 Å². The third-order valence-corrected chi connectivity index (χ3v) is 14.2. The van der Waals surface area contributed by atoms with E-state index in [1.165, 1.54) is 44.2 Å². The number of fused-ring (bicyclic) bond motifs is 11. The lowest BCUT2D eigenvalue weighted by atomic mass is 9.82. The molecule has 0 amide bonds. The number of amidine groups is 2. The zero-order valence-electron chi connectivity index (χ0n) is 44.3. The summed E-state index contributed by atoms with van der Waals surface area (Å²) in [4.78, 5) is 10.2. The van der Waals surface area contributed by atoms with Crippen molar-refractivity contribution in [1.29, 1.82) is 5.41 Å². The molecular weight excluding hydrogens is 897 g/mol. The van der Waals surface area contributed by atoms with Gasteiger partial charge >= 0.3 is 0 Å². The van der Waals surface area contributed by atoms with Crippen molar-refractivity contribution in [3.8, 4) is 22.3 Å². The first-order valence-corrected chi connectivity index (χ1v) is 26.0. The average Bonchev–Trinajstić information content (AvgIpc) is 3.90. The Morgan fingerprint density at radius 3 is 1.76 bits per heavy atom. The van der Waals surface area contributed by atoms with E-state index in [0.29, 0.717) is 5.84 Å². The molecule has 4 heteroatoms. The summed E-state index contributed by atoms with van der Waals surface area (Å²) >= 11 is 0. The van der Waals surface area contributed by atoms with Crippen LogP contribution in [0.1, 0.15) is 81.8 Å². The van der Waals surface area contributed by atoms with E-state index in [9.17, 15) is 0 Å². The van der Waals surface area contributed by atoms with Crippen LogP contribution in [-0.4, -0.2) is 22.6 Å². The SMILES string of the molecule is C/C=C\C(C)C.CC.CC1(C)c2ccc(-c3cccc4c5ccc6ccccc6c5n(C=NC(=NC(=N)c5ccccc5)c5ccc6ccccc6c5)c34)cc2-c2c1ccc1ccccc21.Cc1ccccc1C. The van der Waals surface area contributed by atoms with Gasteiger partial charge in [0.25, 0.3) is 0 Å². The molecular formula is C70H66N4. The third-order valence-electron chi connectivity index (χ3n) is 14.2. The maximum absolute atomic E-state index is 9.06. The predicted molar refractivity (Wildman–Crippen MR) is 322 cm³/mol. The van der Waals surface area contributed by atoms with Crippen molar-refractivity contribution in [3.63, 3.8) is 0 Å². The Hall–Kier alpha value is -8.47. The second-order valence-corrected chi connectivity index (χ2v) is 19.7. The molecule has 1 aliphatic rings. The molecule has 1 heterocycles. The van der Waals surface area contributed by atoms with Crippen LogP contribution in [-0.2, 0) is 5.41 Å². The van der Waals surface area contributed by atoms with Gasteiger partial charge < -0.3 is 0 Å². The molecule has 0 aliphatic heterocycles. The maximum atomic E-state index is 9.06. The molecule has 0 bridgehead atoms. The minimum Gasteiger partial charge on any atom is -0.298 e. The van der Waals surface area contributed by atoms with Crippen molar-refractivity contribution in [2.45, 2.75) is 67.7 Å². The molecule has 366 valence electrons. The van der Waals surface area contributed by atoms with Gasteiger partial charge in [0.1, 0.15) is 6.34 Å². The minimum absolute atomic E-state index is 0.119. The quantitative estimate of drug-likeness (QED) is 0.102. The topological polar surface area (TPSA) is 53.5 Å². The summed E-state index contributed by atoms with van der Waals surface area (Å²) in [6.07, 6.45) is 6.16. The molecule has 1 N–H and O–H groups in total. The van der Waals surface area contributed by atoms with E-state index in [1.807, 2.05) is 69.6 Å². The molecule has 0 fully saturated rings. The van der Waals surface area contributed by atoms with Gasteiger partial charge in [-0.3, -0.25) is 9.98 Å². The Bertz CT molecular complexity index is 3900. The minimum atomic E-state index is -0.119. The van der Waals surface area contributed by atoms with Gasteiger partial charge in [-0.2, -0.15) is 0 Å². The van der Waals surface area contributed by atoms with E-state index in [0.717, 1.165) is 71.5 Å². The highest BCUT2D eigenvalue weighted by molar-refractivity contribution is 6.23. The fourth-order valence-corrected chi connectivity index (χ4v) is 10.3. The lowest BCUT2D eigenvalue weighted by molar-refractivity contribution is 0.661. The van der Waals surface area contributed by atoms with Gasteiger partial charge in [0.15, 0.2) is 11.7 Å². The number of benzene rings is 10. The van der Waals surface area contributed by atoms with Crippen LogP contribution >= 0.6 is 0 Å². The Kier molecular flexibility index (Phi) is 15.1. The second kappa shape index (κ2) is 22.1. The molecule has 74 heavy (non-hydrogen) atoms. The lowest BCUT2D eigenvalue weighted by Gasteiger charge is -2.21. The number of nitrogens with zero attached hydrogens (tertiary/aromatic N) is 3. The number of allylic oxidation sites excluding steroid dienone is 2. The highest BCUT2D eigenvalue weighted by Crippen LogP contribution is 2.52. The first-order chi connectivity index (χ1) is 36.0. The molecule has 0 atom stereocenters. The molecule has 10 aromatic carbocycles. The normalized spacial score (nSPS) is 12.6. The van der Waals surface area contributed by atoms with Crippen LogP contribution < -0.4 is 0 Å². The summed E-state index contributed by atoms with van der Waals surface area (Å²) in [5.74, 6) is 1.34. The summed E-state index contributed by atoms with van der Waals surface area (Å²) in [5.41, 5.74) is 14.0. The predicted octanol–water partition coefficient (Wildman–Crippen LogP) is 19.1. The summed E-state index contributed by atoms with van der Waals surface area (Å²) in [6, 6.07) is 72.6. The van der Waals surface area contributed by atoms with Gasteiger partial charge in [-0.1, -0.05) is 248 Å². The van der Waals surface area contributed by atoms with Crippen LogP contribution in [0.25, 0.3) is 76.4 Å². The Morgan fingerprint density at radius 1 is 0.514 bits per heavy atom. The van der Waals surface area contributed by atoms with Crippen LogP contribution in [0.5, 0.6) is 0 Å². The summed E-state index contributed by atoms with van der Waals surface area (Å²) in [6.45, 7) is 19.3. The Balaban J connectivity index is 0.000000366. The Labute approximate surface area is 437 Å². The fourth-order valence-electron chi connectivity index (χ4n) is 10.3. The molecule has 0 unspecified atom stereocenters. The summed E-state index contributed by atoms with van der Waals surface area (Å²) < 4.78 is 2.26. The molecule has 0 spiro atoms. The lowest BCUT2D eigenvalue weighted by Crippen LogP contribution is -2.14. The zero-order valence-corrected chi connectivity index (χ0v) is 44.3. The van der Waals surface area contributed by atoms with E-state index in [1.54, 1.807) is 0 Å². The molecule has 1 aromatic heterocycles. The first kappa shape index (κ1) is 50.5. The fraction of sp³-hybridized carbons (Fsp3) is 0.157. The van der Waals surface area contributed by atoms with E-state index in [4.69, 9.17) is 15.4 Å². The zero-order chi connectivity index (χ0) is 51.9. The van der Waals surface area contributed by atoms with Crippen molar-refractivity contribution in [1.82, 2.24) is 4.57 Å². The van der Waals surface area contributed by atoms with Gasteiger partial charge in [-0.15, -0.1) is 0 Å². The summed E-state index contributed by atoms with van der Waals surface area (Å²) in [5, 5.41) is 18.4. The number of aromatic nitrogens is 1. The van der Waals surface area contributed by atoms with Crippen LogP contribution in [0.3, 0.4) is 0 Å². The van der Waals surface area contributed by atoms with Crippen molar-refractivity contribution in [2.75, 3.05) is 0 Å².